The van der Waals surface area contributed by atoms with Crippen molar-refractivity contribution in [1.29, 1.82) is 0 Å². The quantitative estimate of drug-likeness (QED) is 0.870. The zero-order chi connectivity index (χ0) is 15.6. The second-order valence-electron chi connectivity index (χ2n) is 5.29. The molecule has 1 amide bonds. The van der Waals surface area contributed by atoms with E-state index in [1.165, 1.54) is 6.20 Å². The fourth-order valence-corrected chi connectivity index (χ4v) is 2.22. The van der Waals surface area contributed by atoms with Gasteiger partial charge in [-0.05, 0) is 32.7 Å². The number of aromatic nitrogens is 2. The smallest absolute Gasteiger partial charge is 0.330 e. The lowest BCUT2D eigenvalue weighted by atomic mass is 10.2. The molecule has 1 heterocycles. The van der Waals surface area contributed by atoms with Crippen LogP contribution in [0, 0.1) is 6.92 Å². The Morgan fingerprint density at radius 3 is 2.71 bits per heavy atom. The molecule has 1 aliphatic carbocycles. The predicted molar refractivity (Wildman–Crippen MR) is 70.7 cm³/mol. The van der Waals surface area contributed by atoms with Gasteiger partial charge in [0.15, 0.2) is 0 Å². The number of amides is 1. The Morgan fingerprint density at radius 2 is 2.19 bits per heavy atom. The van der Waals surface area contributed by atoms with E-state index in [2.05, 4.69) is 5.10 Å². The van der Waals surface area contributed by atoms with E-state index in [1.807, 2.05) is 0 Å². The van der Waals surface area contributed by atoms with Crippen LogP contribution in [-0.2, 0) is 6.54 Å². The molecule has 8 heteroatoms. The van der Waals surface area contributed by atoms with Crippen LogP contribution >= 0.6 is 0 Å². The molecule has 0 spiro atoms. The van der Waals surface area contributed by atoms with Gasteiger partial charge in [0, 0.05) is 18.3 Å². The lowest BCUT2D eigenvalue weighted by molar-refractivity contribution is -0.141. The predicted octanol–water partition coefficient (Wildman–Crippen LogP) is 1.71. The number of alkyl halides is 3. The summed E-state index contributed by atoms with van der Waals surface area (Å²) >= 11 is 0. The van der Waals surface area contributed by atoms with Crippen LogP contribution in [0.15, 0.2) is 6.20 Å². The van der Waals surface area contributed by atoms with Gasteiger partial charge < -0.3 is 10.6 Å². The normalized spacial score (nSPS) is 15.3. The number of carbonyl (C=O) groups excluding carboxylic acids is 1. The molecule has 118 valence electrons. The second kappa shape index (κ2) is 6.05. The third kappa shape index (κ3) is 3.96. The number of hydrogen-bond donors (Lipinski definition) is 1. The molecule has 0 atom stereocenters. The first-order valence-electron chi connectivity index (χ1n) is 6.93. The first-order chi connectivity index (χ1) is 9.83. The van der Waals surface area contributed by atoms with Gasteiger partial charge in [0.05, 0.1) is 11.8 Å². The summed E-state index contributed by atoms with van der Waals surface area (Å²) < 4.78 is 39.5. The van der Waals surface area contributed by atoms with Crippen molar-refractivity contribution < 1.29 is 18.0 Å². The van der Waals surface area contributed by atoms with Gasteiger partial charge >= 0.3 is 6.18 Å². The molecule has 5 nitrogen and oxygen atoms in total. The minimum Gasteiger partial charge on any atom is -0.330 e. The third-order valence-electron chi connectivity index (χ3n) is 3.51. The van der Waals surface area contributed by atoms with E-state index in [4.69, 9.17) is 5.73 Å². The molecule has 0 radical (unpaired) electrons. The first-order valence-corrected chi connectivity index (χ1v) is 6.93. The minimum atomic E-state index is -4.39. The maximum atomic E-state index is 12.6. The number of nitrogens with two attached hydrogens (primary N) is 1. The summed E-state index contributed by atoms with van der Waals surface area (Å²) in [5.74, 6) is -0.591. The molecule has 2 rings (SSSR count). The van der Waals surface area contributed by atoms with Crippen LogP contribution in [0.25, 0.3) is 0 Å². The van der Waals surface area contributed by atoms with E-state index >= 15 is 0 Å². The van der Waals surface area contributed by atoms with Crippen molar-refractivity contribution >= 4 is 5.91 Å². The Morgan fingerprint density at radius 1 is 1.52 bits per heavy atom. The number of aryl methyl sites for hydroxylation is 1. The number of halogens is 3. The summed E-state index contributed by atoms with van der Waals surface area (Å²) in [5, 5.41) is 4.07. The van der Waals surface area contributed by atoms with Crippen molar-refractivity contribution in [3.05, 3.63) is 17.5 Å². The molecule has 21 heavy (non-hydrogen) atoms. The summed E-state index contributed by atoms with van der Waals surface area (Å²) in [5.41, 5.74) is 6.24. The van der Waals surface area contributed by atoms with Crippen molar-refractivity contribution in [3.63, 3.8) is 0 Å². The van der Waals surface area contributed by atoms with Crippen LogP contribution in [0.1, 0.15) is 35.3 Å². The van der Waals surface area contributed by atoms with Gasteiger partial charge in [0.1, 0.15) is 6.54 Å². The van der Waals surface area contributed by atoms with E-state index in [-0.39, 0.29) is 11.6 Å². The van der Waals surface area contributed by atoms with Crippen LogP contribution in [0.3, 0.4) is 0 Å². The fourth-order valence-electron chi connectivity index (χ4n) is 2.22. The van der Waals surface area contributed by atoms with Crippen molar-refractivity contribution in [1.82, 2.24) is 14.7 Å². The van der Waals surface area contributed by atoms with Crippen LogP contribution in [0.4, 0.5) is 13.2 Å². The van der Waals surface area contributed by atoms with Crippen molar-refractivity contribution in [2.75, 3.05) is 13.1 Å². The monoisotopic (exact) mass is 304 g/mol. The Kier molecular flexibility index (Phi) is 4.55. The van der Waals surface area contributed by atoms with Crippen LogP contribution < -0.4 is 5.73 Å². The molecule has 2 N–H and O–H groups in total. The highest BCUT2D eigenvalue weighted by molar-refractivity contribution is 5.95. The van der Waals surface area contributed by atoms with Gasteiger partial charge in [-0.1, -0.05) is 0 Å². The number of hydrogen-bond acceptors (Lipinski definition) is 3. The molecule has 1 aromatic heterocycles. The summed E-state index contributed by atoms with van der Waals surface area (Å²) in [7, 11) is 0. The lowest BCUT2D eigenvalue weighted by Gasteiger charge is -2.23. The van der Waals surface area contributed by atoms with Crippen molar-refractivity contribution in [2.24, 2.45) is 5.73 Å². The molecule has 0 aliphatic heterocycles. The highest BCUT2D eigenvalue weighted by Gasteiger charge is 2.41. The Hall–Kier alpha value is -1.57. The average molecular weight is 304 g/mol. The molecule has 0 aromatic carbocycles. The molecular formula is C13H19F3N4O. The second-order valence-corrected chi connectivity index (χ2v) is 5.29. The Balaban J connectivity index is 2.15. The summed E-state index contributed by atoms with van der Waals surface area (Å²) in [6, 6.07) is -0.300. The van der Waals surface area contributed by atoms with Gasteiger partial charge in [0.2, 0.25) is 0 Å². The van der Waals surface area contributed by atoms with Gasteiger partial charge in [-0.15, -0.1) is 0 Å². The molecule has 1 fully saturated rings. The fraction of sp³-hybridized carbons (Fsp3) is 0.692. The first kappa shape index (κ1) is 15.8. The topological polar surface area (TPSA) is 64.2 Å². The van der Waals surface area contributed by atoms with E-state index in [1.54, 1.807) is 11.6 Å². The SMILES string of the molecule is Cc1c(C(=O)N(CC(F)(F)F)C2CC2)cnn1CCCN. The molecule has 1 aliphatic rings. The van der Waals surface area contributed by atoms with Gasteiger partial charge in [-0.2, -0.15) is 18.3 Å². The molecule has 1 saturated carbocycles. The highest BCUT2D eigenvalue weighted by atomic mass is 19.4. The van der Waals surface area contributed by atoms with Crippen LogP contribution in [-0.4, -0.2) is 45.9 Å². The standard InChI is InChI=1S/C13H19F3N4O/c1-9-11(7-18-20(9)6-2-5-17)12(21)19(10-3-4-10)8-13(14,15)16/h7,10H,2-6,8,17H2,1H3. The molecule has 0 saturated heterocycles. The minimum absolute atomic E-state index is 0.239. The van der Waals surface area contributed by atoms with E-state index in [9.17, 15) is 18.0 Å². The Bertz CT molecular complexity index is 508. The molecule has 1 aromatic rings. The summed E-state index contributed by atoms with van der Waals surface area (Å²) in [6.45, 7) is 1.53. The van der Waals surface area contributed by atoms with Crippen molar-refractivity contribution in [3.8, 4) is 0 Å². The molecule has 0 unspecified atom stereocenters. The number of nitrogens with zero attached hydrogens (tertiary/aromatic N) is 3. The highest BCUT2D eigenvalue weighted by Crippen LogP contribution is 2.31. The zero-order valence-electron chi connectivity index (χ0n) is 11.9. The van der Waals surface area contributed by atoms with E-state index in [0.717, 1.165) is 4.90 Å². The van der Waals surface area contributed by atoms with Gasteiger partial charge in [-0.3, -0.25) is 9.48 Å². The Labute approximate surface area is 120 Å². The van der Waals surface area contributed by atoms with Gasteiger partial charge in [-0.25, -0.2) is 0 Å². The number of carbonyl (C=O) groups is 1. The zero-order valence-corrected chi connectivity index (χ0v) is 11.9. The number of rotatable bonds is 6. The summed E-state index contributed by atoms with van der Waals surface area (Å²) in [6.07, 6.45) is -1.09. The molecular weight excluding hydrogens is 285 g/mol. The largest absolute Gasteiger partial charge is 0.406 e. The van der Waals surface area contributed by atoms with Crippen molar-refractivity contribution in [2.45, 2.75) is 44.9 Å². The molecule has 0 bridgehead atoms. The van der Waals surface area contributed by atoms with E-state index in [0.29, 0.717) is 38.0 Å². The maximum absolute atomic E-state index is 12.6. The average Bonchev–Trinajstić information content (AvgIpc) is 3.17. The summed E-state index contributed by atoms with van der Waals surface area (Å²) in [4.78, 5) is 13.3. The van der Waals surface area contributed by atoms with E-state index < -0.39 is 18.6 Å². The van der Waals surface area contributed by atoms with Gasteiger partial charge in [0.25, 0.3) is 5.91 Å². The maximum Gasteiger partial charge on any atom is 0.406 e. The lowest BCUT2D eigenvalue weighted by Crippen LogP contribution is -2.40. The van der Waals surface area contributed by atoms with Crippen LogP contribution in [0.5, 0.6) is 0 Å². The van der Waals surface area contributed by atoms with Crippen LogP contribution in [0.2, 0.25) is 0 Å². The third-order valence-corrected chi connectivity index (χ3v) is 3.51.